The third-order valence-corrected chi connectivity index (χ3v) is 14.9. The molecule has 0 saturated carbocycles. The van der Waals surface area contributed by atoms with Crippen LogP contribution >= 0.6 is 7.82 Å². The maximum absolute atomic E-state index is 13.0. The van der Waals surface area contributed by atoms with Gasteiger partial charge in [-0.2, -0.15) is 0 Å². The second kappa shape index (κ2) is 55.7. The smallest absolute Gasteiger partial charge is 0.268 e. The van der Waals surface area contributed by atoms with Crippen LogP contribution in [0.1, 0.15) is 284 Å². The fourth-order valence-electron chi connectivity index (χ4n) is 9.06. The fraction of sp³-hybridized carbons (Fsp3) is 0.800. The molecule has 0 aromatic carbocycles. The second-order valence-corrected chi connectivity index (χ2v) is 23.8. The molecule has 0 spiro atoms. The van der Waals surface area contributed by atoms with Crippen molar-refractivity contribution in [2.75, 3.05) is 40.9 Å². The van der Waals surface area contributed by atoms with Crippen molar-refractivity contribution in [2.45, 2.75) is 296 Å². The standard InChI is InChI=1S/C65H121N2O6P/c1-6-8-10-12-14-16-18-20-22-24-26-28-30-31-32-33-34-35-37-39-41-43-45-47-49-51-53-55-57-59-65(69)66-63(62-73-74(70,71)72-61-60-67(3,4)5)64(68)58-56-54-52-50-48-46-44-42-40-38-36-29-27-25-23-21-19-17-15-13-11-9-7-2/h8,10,14,16,20,22,26,28,31-32,56,58,63-64,68H,6-7,9,11-13,15,17-19,21,23-25,27,29-30,33-55,57,59-62H2,1-5H3,(H-,66,69,70,71)/b10-8-,16-14-,22-20-,28-26-,32-31-,58-56+. The van der Waals surface area contributed by atoms with E-state index in [9.17, 15) is 19.4 Å². The minimum Gasteiger partial charge on any atom is -0.756 e. The lowest BCUT2D eigenvalue weighted by Crippen LogP contribution is -2.45. The number of phosphoric ester groups is 1. The molecule has 0 saturated heterocycles. The molecule has 0 rings (SSSR count). The number of aliphatic hydroxyl groups excluding tert-OH is 1. The van der Waals surface area contributed by atoms with Crippen LogP contribution in [0, 0.1) is 0 Å². The summed E-state index contributed by atoms with van der Waals surface area (Å²) in [6.45, 7) is 4.56. The number of aliphatic hydroxyl groups is 1. The topological polar surface area (TPSA) is 108 Å². The highest BCUT2D eigenvalue weighted by Crippen LogP contribution is 2.38. The number of nitrogens with one attached hydrogen (secondary N) is 1. The number of phosphoric acid groups is 1. The normalized spacial score (nSPS) is 14.3. The summed E-state index contributed by atoms with van der Waals surface area (Å²) in [6.07, 6.45) is 77.0. The van der Waals surface area contributed by atoms with Crippen molar-refractivity contribution in [1.29, 1.82) is 0 Å². The van der Waals surface area contributed by atoms with Gasteiger partial charge >= 0.3 is 0 Å². The molecule has 74 heavy (non-hydrogen) atoms. The van der Waals surface area contributed by atoms with E-state index in [0.717, 1.165) is 70.6 Å². The molecule has 432 valence electrons. The summed E-state index contributed by atoms with van der Waals surface area (Å²) in [6, 6.07) is -0.891. The van der Waals surface area contributed by atoms with Gasteiger partial charge in [-0.25, -0.2) is 0 Å². The number of hydrogen-bond acceptors (Lipinski definition) is 6. The number of carbonyl (C=O) groups is 1. The van der Waals surface area contributed by atoms with Crippen LogP contribution in [-0.4, -0.2) is 68.5 Å². The Morgan fingerprint density at radius 2 is 0.824 bits per heavy atom. The summed E-state index contributed by atoms with van der Waals surface area (Å²) >= 11 is 0. The third-order valence-electron chi connectivity index (χ3n) is 13.9. The minimum atomic E-state index is -4.60. The quantitative estimate of drug-likeness (QED) is 0.0272. The summed E-state index contributed by atoms with van der Waals surface area (Å²) in [5.74, 6) is -0.198. The van der Waals surface area contributed by atoms with Gasteiger partial charge in [-0.1, -0.05) is 286 Å². The first kappa shape index (κ1) is 71.9. The van der Waals surface area contributed by atoms with Crippen LogP contribution in [-0.2, 0) is 18.4 Å². The minimum absolute atomic E-state index is 0.00280. The summed E-state index contributed by atoms with van der Waals surface area (Å²) in [4.78, 5) is 25.6. The van der Waals surface area contributed by atoms with Gasteiger partial charge in [-0.05, 0) is 64.2 Å². The average Bonchev–Trinajstić information content (AvgIpc) is 3.36. The molecule has 0 fully saturated rings. The van der Waals surface area contributed by atoms with Crippen molar-refractivity contribution in [3.63, 3.8) is 0 Å². The SMILES string of the molecule is CC/C=C\C/C=C\C/C=C\C/C=C\C/C=C\CCCCCCCCCCCCCCCC(=O)NC(COP(=O)([O-])OCC[N+](C)(C)C)C(O)/C=C/CCCCCCCCCCCCCCCCCCCCCCC. The molecule has 0 aliphatic heterocycles. The van der Waals surface area contributed by atoms with E-state index >= 15 is 0 Å². The number of hydrogen-bond donors (Lipinski definition) is 2. The molecule has 8 nitrogen and oxygen atoms in total. The summed E-state index contributed by atoms with van der Waals surface area (Å²) in [7, 11) is 1.26. The Morgan fingerprint density at radius 3 is 1.20 bits per heavy atom. The Kier molecular flexibility index (Phi) is 54.1. The Hall–Kier alpha value is -2.06. The van der Waals surface area contributed by atoms with Crippen LogP contribution in [0.5, 0.6) is 0 Å². The first-order valence-corrected chi connectivity index (χ1v) is 32.8. The van der Waals surface area contributed by atoms with Gasteiger partial charge in [0, 0.05) is 6.42 Å². The predicted molar refractivity (Wildman–Crippen MR) is 320 cm³/mol. The molecule has 0 aromatic rings. The monoisotopic (exact) mass is 1060 g/mol. The highest BCUT2D eigenvalue weighted by atomic mass is 31.2. The van der Waals surface area contributed by atoms with Gasteiger partial charge in [-0.3, -0.25) is 9.36 Å². The lowest BCUT2D eigenvalue weighted by Gasteiger charge is -2.29. The van der Waals surface area contributed by atoms with Crippen molar-refractivity contribution < 1.29 is 32.9 Å². The van der Waals surface area contributed by atoms with Gasteiger partial charge in [0.05, 0.1) is 39.9 Å². The maximum atomic E-state index is 13.0. The van der Waals surface area contributed by atoms with E-state index in [1.807, 2.05) is 27.2 Å². The zero-order valence-corrected chi connectivity index (χ0v) is 50.2. The molecule has 0 aliphatic carbocycles. The van der Waals surface area contributed by atoms with Gasteiger partial charge in [0.15, 0.2) is 0 Å². The fourth-order valence-corrected chi connectivity index (χ4v) is 9.79. The van der Waals surface area contributed by atoms with Gasteiger partial charge in [0.2, 0.25) is 5.91 Å². The second-order valence-electron chi connectivity index (χ2n) is 22.4. The van der Waals surface area contributed by atoms with Gasteiger partial charge in [0.25, 0.3) is 7.82 Å². The highest BCUT2D eigenvalue weighted by Gasteiger charge is 2.23. The summed E-state index contributed by atoms with van der Waals surface area (Å²) in [5, 5.41) is 13.9. The number of amides is 1. The molecule has 0 radical (unpaired) electrons. The number of nitrogens with zero attached hydrogens (tertiary/aromatic N) is 1. The number of rotatable bonds is 57. The van der Waals surface area contributed by atoms with E-state index in [2.05, 4.69) is 79.9 Å². The Balaban J connectivity index is 4.16. The van der Waals surface area contributed by atoms with E-state index < -0.39 is 20.0 Å². The average molecular weight is 1060 g/mol. The van der Waals surface area contributed by atoms with E-state index in [0.29, 0.717) is 17.4 Å². The molecule has 3 unspecified atom stereocenters. The lowest BCUT2D eigenvalue weighted by molar-refractivity contribution is -0.870. The largest absolute Gasteiger partial charge is 0.756 e. The predicted octanol–water partition coefficient (Wildman–Crippen LogP) is 18.8. The number of likely N-dealkylation sites (N-methyl/N-ethyl adjacent to an activating group) is 1. The molecular weight excluding hydrogens is 936 g/mol. The van der Waals surface area contributed by atoms with Gasteiger partial charge in [-0.15, -0.1) is 0 Å². The third kappa shape index (κ3) is 57.6. The number of allylic oxidation sites excluding steroid dienone is 11. The molecule has 3 atom stereocenters. The summed E-state index contributed by atoms with van der Waals surface area (Å²) < 4.78 is 23.4. The van der Waals surface area contributed by atoms with Crippen molar-refractivity contribution in [1.82, 2.24) is 5.32 Å². The first-order valence-electron chi connectivity index (χ1n) is 31.3. The number of quaternary nitrogens is 1. The molecule has 9 heteroatoms. The van der Waals surface area contributed by atoms with E-state index in [4.69, 9.17) is 9.05 Å². The van der Waals surface area contributed by atoms with Crippen molar-refractivity contribution in [3.05, 3.63) is 72.9 Å². The van der Waals surface area contributed by atoms with Crippen LogP contribution in [0.4, 0.5) is 0 Å². The van der Waals surface area contributed by atoms with Gasteiger partial charge in [0.1, 0.15) is 13.2 Å². The van der Waals surface area contributed by atoms with Crippen molar-refractivity contribution in [2.24, 2.45) is 0 Å². The molecule has 0 bridgehead atoms. The van der Waals surface area contributed by atoms with Crippen molar-refractivity contribution >= 4 is 13.7 Å². The Labute approximate surface area is 459 Å². The van der Waals surface area contributed by atoms with E-state index in [-0.39, 0.29) is 19.1 Å². The first-order chi connectivity index (χ1) is 36.0. The molecular formula is C65H121N2O6P. The van der Waals surface area contributed by atoms with Crippen molar-refractivity contribution in [3.8, 4) is 0 Å². The Morgan fingerprint density at radius 1 is 0.486 bits per heavy atom. The molecule has 0 aromatic heterocycles. The number of carbonyl (C=O) groups excluding carboxylic acids is 1. The van der Waals surface area contributed by atoms with Crippen LogP contribution in [0.3, 0.4) is 0 Å². The maximum Gasteiger partial charge on any atom is 0.268 e. The zero-order chi connectivity index (χ0) is 54.2. The molecule has 1 amide bonds. The number of unbranched alkanes of at least 4 members (excludes halogenated alkanes) is 34. The summed E-state index contributed by atoms with van der Waals surface area (Å²) in [5.41, 5.74) is 0. The Bertz CT molecular complexity index is 1430. The van der Waals surface area contributed by atoms with Crippen LogP contribution in [0.25, 0.3) is 0 Å². The van der Waals surface area contributed by atoms with Crippen LogP contribution < -0.4 is 10.2 Å². The van der Waals surface area contributed by atoms with Gasteiger partial charge < -0.3 is 28.8 Å². The lowest BCUT2D eigenvalue weighted by atomic mass is 10.0. The van der Waals surface area contributed by atoms with E-state index in [1.54, 1.807) is 6.08 Å². The molecule has 0 heterocycles. The molecule has 0 aliphatic rings. The van der Waals surface area contributed by atoms with E-state index in [1.165, 1.54) is 193 Å². The zero-order valence-electron chi connectivity index (χ0n) is 49.3. The van der Waals surface area contributed by atoms with Crippen LogP contribution in [0.2, 0.25) is 0 Å². The van der Waals surface area contributed by atoms with Crippen LogP contribution in [0.15, 0.2) is 72.9 Å². The molecule has 2 N–H and O–H groups in total. The highest BCUT2D eigenvalue weighted by molar-refractivity contribution is 7.45.